The molecule has 0 bridgehead atoms. The molecule has 0 unspecified atom stereocenters. The summed E-state index contributed by atoms with van der Waals surface area (Å²) in [5.41, 5.74) is 1.85. The number of hydrogen-bond donors (Lipinski definition) is 0. The number of Topliss-reactive ketones (excluding diaryl/α,β-unsaturated/α-hetero) is 1. The van der Waals surface area contributed by atoms with Crippen LogP contribution in [-0.2, 0) is 0 Å². The fraction of sp³-hybridized carbons (Fsp3) is 0.417. The SMILES string of the molecule is O=C1CC[C@H]2[C@H](c3ccccc31)C2(Cl)Cl. The first-order valence-electron chi connectivity index (χ1n) is 5.12. The van der Waals surface area contributed by atoms with Gasteiger partial charge in [0, 0.05) is 23.8 Å². The number of fused-ring (bicyclic) bond motifs is 3. The second kappa shape index (κ2) is 2.99. The highest BCUT2D eigenvalue weighted by molar-refractivity contribution is 6.52. The van der Waals surface area contributed by atoms with E-state index in [1.165, 1.54) is 0 Å². The smallest absolute Gasteiger partial charge is 0.163 e. The average molecular weight is 241 g/mol. The number of carbonyl (C=O) groups is 1. The van der Waals surface area contributed by atoms with Gasteiger partial charge >= 0.3 is 0 Å². The summed E-state index contributed by atoms with van der Waals surface area (Å²) in [6, 6.07) is 7.69. The topological polar surface area (TPSA) is 17.1 Å². The van der Waals surface area contributed by atoms with Gasteiger partial charge in [0.2, 0.25) is 0 Å². The molecule has 1 saturated carbocycles. The molecule has 2 atom stereocenters. The third-order valence-electron chi connectivity index (χ3n) is 3.48. The summed E-state index contributed by atoms with van der Waals surface area (Å²) in [6.07, 6.45) is 1.38. The van der Waals surface area contributed by atoms with E-state index in [0.29, 0.717) is 6.42 Å². The first kappa shape index (κ1) is 9.68. The number of ketones is 1. The number of carbonyl (C=O) groups excluding carboxylic acids is 1. The van der Waals surface area contributed by atoms with Crippen LogP contribution in [0.5, 0.6) is 0 Å². The van der Waals surface area contributed by atoms with Crippen LogP contribution in [0.25, 0.3) is 0 Å². The van der Waals surface area contributed by atoms with Crippen molar-refractivity contribution in [2.75, 3.05) is 0 Å². The van der Waals surface area contributed by atoms with Crippen LogP contribution in [0.1, 0.15) is 34.7 Å². The standard InChI is InChI=1S/C12H10Cl2O/c13-12(14)9-5-6-10(15)7-3-1-2-4-8(7)11(9)12/h1-4,9,11H,5-6H2/t9-,11-/m0/s1. The Bertz CT molecular complexity index is 439. The molecule has 1 aromatic rings. The molecule has 1 nitrogen and oxygen atoms in total. The number of alkyl halides is 2. The maximum Gasteiger partial charge on any atom is 0.163 e. The summed E-state index contributed by atoms with van der Waals surface area (Å²) >= 11 is 12.4. The highest BCUT2D eigenvalue weighted by atomic mass is 35.5. The largest absolute Gasteiger partial charge is 0.294 e. The van der Waals surface area contributed by atoms with Crippen molar-refractivity contribution in [2.24, 2.45) is 5.92 Å². The molecule has 0 N–H and O–H groups in total. The van der Waals surface area contributed by atoms with Crippen LogP contribution >= 0.6 is 23.2 Å². The Kier molecular flexibility index (Phi) is 1.93. The lowest BCUT2D eigenvalue weighted by molar-refractivity contribution is 0.0979. The van der Waals surface area contributed by atoms with Gasteiger partial charge in [0.15, 0.2) is 5.78 Å². The van der Waals surface area contributed by atoms with Crippen molar-refractivity contribution < 1.29 is 4.79 Å². The molecule has 3 heteroatoms. The molecule has 2 aliphatic carbocycles. The van der Waals surface area contributed by atoms with Gasteiger partial charge in [0.05, 0.1) is 0 Å². The molecule has 1 fully saturated rings. The first-order valence-corrected chi connectivity index (χ1v) is 5.88. The van der Waals surface area contributed by atoms with Crippen LogP contribution in [0.3, 0.4) is 0 Å². The summed E-state index contributed by atoms with van der Waals surface area (Å²) < 4.78 is -0.642. The van der Waals surface area contributed by atoms with E-state index >= 15 is 0 Å². The van der Waals surface area contributed by atoms with E-state index in [4.69, 9.17) is 23.2 Å². The van der Waals surface area contributed by atoms with Crippen LogP contribution in [0.2, 0.25) is 0 Å². The summed E-state index contributed by atoms with van der Waals surface area (Å²) in [7, 11) is 0. The van der Waals surface area contributed by atoms with Crippen LogP contribution in [0, 0.1) is 5.92 Å². The van der Waals surface area contributed by atoms with E-state index < -0.39 is 4.33 Å². The van der Waals surface area contributed by atoms with Crippen LogP contribution in [-0.4, -0.2) is 10.1 Å². The van der Waals surface area contributed by atoms with Crippen molar-refractivity contribution in [1.29, 1.82) is 0 Å². The molecule has 0 spiro atoms. The second-order valence-electron chi connectivity index (χ2n) is 4.31. The van der Waals surface area contributed by atoms with Gasteiger partial charge in [-0.15, -0.1) is 23.2 Å². The van der Waals surface area contributed by atoms with Gasteiger partial charge in [0.1, 0.15) is 4.33 Å². The molecule has 15 heavy (non-hydrogen) atoms. The first-order chi connectivity index (χ1) is 7.12. The van der Waals surface area contributed by atoms with E-state index in [-0.39, 0.29) is 17.6 Å². The molecule has 3 rings (SSSR count). The molecule has 0 aliphatic heterocycles. The molecule has 0 aromatic heterocycles. The molecule has 78 valence electrons. The second-order valence-corrected chi connectivity index (χ2v) is 5.75. The van der Waals surface area contributed by atoms with Crippen LogP contribution < -0.4 is 0 Å². The van der Waals surface area contributed by atoms with Gasteiger partial charge in [0.25, 0.3) is 0 Å². The van der Waals surface area contributed by atoms with Gasteiger partial charge in [-0.25, -0.2) is 0 Å². The predicted molar refractivity (Wildman–Crippen MR) is 60.7 cm³/mol. The van der Waals surface area contributed by atoms with E-state index in [9.17, 15) is 4.79 Å². The summed E-state index contributed by atoms with van der Waals surface area (Å²) in [5.74, 6) is 0.638. The van der Waals surface area contributed by atoms with E-state index in [2.05, 4.69) is 0 Å². The van der Waals surface area contributed by atoms with Crippen molar-refractivity contribution in [1.82, 2.24) is 0 Å². The van der Waals surface area contributed by atoms with E-state index in [1.54, 1.807) is 0 Å². The van der Waals surface area contributed by atoms with Gasteiger partial charge in [-0.3, -0.25) is 4.79 Å². The van der Waals surface area contributed by atoms with Crippen LogP contribution in [0.15, 0.2) is 24.3 Å². The zero-order valence-electron chi connectivity index (χ0n) is 8.04. The van der Waals surface area contributed by atoms with Crippen molar-refractivity contribution in [3.63, 3.8) is 0 Å². The van der Waals surface area contributed by atoms with Gasteiger partial charge in [-0.2, -0.15) is 0 Å². The number of benzene rings is 1. The lowest BCUT2D eigenvalue weighted by Crippen LogP contribution is -2.05. The maximum atomic E-state index is 11.8. The Hall–Kier alpha value is -0.530. The molecular weight excluding hydrogens is 231 g/mol. The van der Waals surface area contributed by atoms with Crippen molar-refractivity contribution in [3.8, 4) is 0 Å². The Morgan fingerprint density at radius 3 is 2.80 bits per heavy atom. The monoisotopic (exact) mass is 240 g/mol. The number of hydrogen-bond acceptors (Lipinski definition) is 1. The Labute approximate surface area is 98.4 Å². The zero-order valence-corrected chi connectivity index (χ0v) is 9.55. The fourth-order valence-electron chi connectivity index (χ4n) is 2.62. The normalized spacial score (nSPS) is 31.5. The third kappa shape index (κ3) is 1.26. The predicted octanol–water partition coefficient (Wildman–Crippen LogP) is 3.55. The fourth-order valence-corrected chi connectivity index (χ4v) is 3.50. The Balaban J connectivity index is 2.14. The van der Waals surface area contributed by atoms with Crippen molar-refractivity contribution in [2.45, 2.75) is 23.1 Å². The highest BCUT2D eigenvalue weighted by Gasteiger charge is 2.64. The number of rotatable bonds is 0. The minimum absolute atomic E-state index is 0.156. The minimum Gasteiger partial charge on any atom is -0.294 e. The number of halogens is 2. The van der Waals surface area contributed by atoms with E-state index in [0.717, 1.165) is 17.5 Å². The third-order valence-corrected chi connectivity index (χ3v) is 4.51. The lowest BCUT2D eigenvalue weighted by Gasteiger charge is -2.07. The molecular formula is C12H10Cl2O. The molecule has 0 heterocycles. The average Bonchev–Trinajstić information content (AvgIpc) is 2.81. The minimum atomic E-state index is -0.642. The maximum absolute atomic E-state index is 11.8. The van der Waals surface area contributed by atoms with E-state index in [1.807, 2.05) is 24.3 Å². The Morgan fingerprint density at radius 1 is 1.27 bits per heavy atom. The molecule has 1 aromatic carbocycles. The zero-order chi connectivity index (χ0) is 10.6. The van der Waals surface area contributed by atoms with Crippen molar-refractivity contribution in [3.05, 3.63) is 35.4 Å². The quantitative estimate of drug-likeness (QED) is 0.635. The molecule has 0 amide bonds. The van der Waals surface area contributed by atoms with Gasteiger partial charge < -0.3 is 0 Å². The van der Waals surface area contributed by atoms with Crippen molar-refractivity contribution >= 4 is 29.0 Å². The lowest BCUT2D eigenvalue weighted by atomic mass is 10.0. The summed E-state index contributed by atoms with van der Waals surface area (Å²) in [6.45, 7) is 0. The van der Waals surface area contributed by atoms with Gasteiger partial charge in [-0.1, -0.05) is 24.3 Å². The van der Waals surface area contributed by atoms with Crippen LogP contribution in [0.4, 0.5) is 0 Å². The molecule has 0 radical (unpaired) electrons. The molecule has 2 aliphatic rings. The summed E-state index contributed by atoms with van der Waals surface area (Å²) in [5, 5.41) is 0. The summed E-state index contributed by atoms with van der Waals surface area (Å²) in [4.78, 5) is 11.8. The van der Waals surface area contributed by atoms with Gasteiger partial charge in [-0.05, 0) is 12.0 Å². The Morgan fingerprint density at radius 2 is 2.00 bits per heavy atom. The molecule has 0 saturated heterocycles. The highest BCUT2D eigenvalue weighted by Crippen LogP contribution is 2.68.